The van der Waals surface area contributed by atoms with Crippen LogP contribution in [0.3, 0.4) is 0 Å². The summed E-state index contributed by atoms with van der Waals surface area (Å²) in [6.07, 6.45) is 0. The number of nitrogens with zero attached hydrogens (tertiary/aromatic N) is 1. The van der Waals surface area contributed by atoms with Crippen LogP contribution in [0.5, 0.6) is 0 Å². The molecule has 0 bridgehead atoms. The number of aryl methyl sites for hydroxylation is 3. The number of ketones is 1. The van der Waals surface area contributed by atoms with E-state index in [1.807, 2.05) is 51.1 Å². The maximum Gasteiger partial charge on any atom is 0.254 e. The van der Waals surface area contributed by atoms with Crippen LogP contribution < -0.4 is 0 Å². The lowest BCUT2D eigenvalue weighted by Crippen LogP contribution is -2.40. The summed E-state index contributed by atoms with van der Waals surface area (Å²) in [5, 5.41) is 0. The molecule has 120 valence electrons. The van der Waals surface area contributed by atoms with Crippen LogP contribution in [0.4, 0.5) is 0 Å². The molecular formula is C20H23NO2. The van der Waals surface area contributed by atoms with Crippen LogP contribution >= 0.6 is 0 Å². The van der Waals surface area contributed by atoms with Gasteiger partial charge in [-0.1, -0.05) is 29.8 Å². The molecule has 0 aromatic heterocycles. The summed E-state index contributed by atoms with van der Waals surface area (Å²) in [5.74, 6) is -0.189. The molecule has 0 aliphatic carbocycles. The van der Waals surface area contributed by atoms with E-state index in [1.54, 1.807) is 26.1 Å². The molecule has 1 atom stereocenters. The van der Waals surface area contributed by atoms with Gasteiger partial charge in [-0.25, -0.2) is 0 Å². The highest BCUT2D eigenvalue weighted by Gasteiger charge is 2.24. The Kier molecular flexibility index (Phi) is 4.99. The van der Waals surface area contributed by atoms with Crippen molar-refractivity contribution < 1.29 is 9.59 Å². The summed E-state index contributed by atoms with van der Waals surface area (Å²) < 4.78 is 0. The second-order valence-electron chi connectivity index (χ2n) is 6.12. The van der Waals surface area contributed by atoms with Gasteiger partial charge in [0.1, 0.15) is 0 Å². The molecule has 2 aromatic rings. The van der Waals surface area contributed by atoms with Gasteiger partial charge in [-0.15, -0.1) is 0 Å². The van der Waals surface area contributed by atoms with Crippen LogP contribution in [0.1, 0.15) is 44.3 Å². The van der Waals surface area contributed by atoms with E-state index in [2.05, 4.69) is 0 Å². The predicted octanol–water partition coefficient (Wildman–Crippen LogP) is 3.96. The van der Waals surface area contributed by atoms with E-state index in [0.717, 1.165) is 16.7 Å². The van der Waals surface area contributed by atoms with Gasteiger partial charge in [0.15, 0.2) is 5.78 Å². The Hall–Kier alpha value is -2.42. The molecule has 1 amide bonds. The number of amides is 1. The molecule has 1 unspecified atom stereocenters. The van der Waals surface area contributed by atoms with Gasteiger partial charge in [0.2, 0.25) is 0 Å². The number of hydrogen-bond donors (Lipinski definition) is 0. The second kappa shape index (κ2) is 6.78. The minimum Gasteiger partial charge on any atom is -0.332 e. The molecule has 0 aliphatic rings. The van der Waals surface area contributed by atoms with Crippen molar-refractivity contribution in [2.24, 2.45) is 0 Å². The van der Waals surface area contributed by atoms with Crippen molar-refractivity contribution >= 4 is 11.7 Å². The van der Waals surface area contributed by atoms with Gasteiger partial charge >= 0.3 is 0 Å². The molecule has 0 saturated heterocycles. The largest absolute Gasteiger partial charge is 0.332 e. The first kappa shape index (κ1) is 16.9. The lowest BCUT2D eigenvalue weighted by Gasteiger charge is -2.24. The average molecular weight is 309 g/mol. The fraction of sp³-hybridized carbons (Fsp3) is 0.300. The first-order valence-electron chi connectivity index (χ1n) is 7.76. The van der Waals surface area contributed by atoms with Crippen LogP contribution in [-0.2, 0) is 0 Å². The third-order valence-corrected chi connectivity index (χ3v) is 4.37. The lowest BCUT2D eigenvalue weighted by atomic mass is 9.99. The van der Waals surface area contributed by atoms with Crippen molar-refractivity contribution in [3.05, 3.63) is 70.3 Å². The first-order chi connectivity index (χ1) is 10.8. The summed E-state index contributed by atoms with van der Waals surface area (Å²) in [7, 11) is 1.67. The van der Waals surface area contributed by atoms with Gasteiger partial charge < -0.3 is 4.90 Å². The molecule has 3 nitrogen and oxygen atoms in total. The standard InChI is InChI=1S/C20H23NO2/c1-13-6-9-17(10-7-13)20(23)21(5)16(4)19(22)18-11-8-14(2)15(3)12-18/h6-12,16H,1-5H3. The number of carbonyl (C=O) groups excluding carboxylic acids is 2. The predicted molar refractivity (Wildman–Crippen MR) is 93.0 cm³/mol. The Bertz CT molecular complexity index is 732. The Morgan fingerprint density at radius 1 is 0.870 bits per heavy atom. The van der Waals surface area contributed by atoms with Crippen molar-refractivity contribution in [3.63, 3.8) is 0 Å². The van der Waals surface area contributed by atoms with Crippen LogP contribution in [0.25, 0.3) is 0 Å². The van der Waals surface area contributed by atoms with E-state index in [9.17, 15) is 9.59 Å². The van der Waals surface area contributed by atoms with Crippen LogP contribution in [-0.4, -0.2) is 29.7 Å². The van der Waals surface area contributed by atoms with Gasteiger partial charge in [0, 0.05) is 18.2 Å². The second-order valence-corrected chi connectivity index (χ2v) is 6.12. The Balaban J connectivity index is 2.19. The zero-order valence-electron chi connectivity index (χ0n) is 14.4. The van der Waals surface area contributed by atoms with Crippen LogP contribution in [0.15, 0.2) is 42.5 Å². The van der Waals surface area contributed by atoms with E-state index < -0.39 is 6.04 Å². The monoisotopic (exact) mass is 309 g/mol. The van der Waals surface area contributed by atoms with Gasteiger partial charge in [-0.3, -0.25) is 9.59 Å². The first-order valence-corrected chi connectivity index (χ1v) is 7.76. The molecule has 23 heavy (non-hydrogen) atoms. The van der Waals surface area contributed by atoms with E-state index >= 15 is 0 Å². The SMILES string of the molecule is Cc1ccc(C(=O)N(C)C(C)C(=O)c2ccc(C)c(C)c2)cc1. The maximum atomic E-state index is 12.6. The molecule has 0 aliphatic heterocycles. The number of hydrogen-bond acceptors (Lipinski definition) is 2. The van der Waals surface area contributed by atoms with Crippen molar-refractivity contribution in [2.45, 2.75) is 33.7 Å². The van der Waals surface area contributed by atoms with Crippen LogP contribution in [0, 0.1) is 20.8 Å². The molecule has 0 heterocycles. The summed E-state index contributed by atoms with van der Waals surface area (Å²) in [5.41, 5.74) is 4.57. The molecule has 2 aromatic carbocycles. The molecule has 2 rings (SSSR count). The molecule has 0 spiro atoms. The summed E-state index contributed by atoms with van der Waals surface area (Å²) in [4.78, 5) is 26.7. The Morgan fingerprint density at radius 2 is 1.43 bits per heavy atom. The molecule has 3 heteroatoms. The summed E-state index contributed by atoms with van der Waals surface area (Å²) in [6.45, 7) is 7.74. The van der Waals surface area contributed by atoms with Crippen molar-refractivity contribution in [3.8, 4) is 0 Å². The normalized spacial score (nSPS) is 11.9. The van der Waals surface area contributed by atoms with Gasteiger partial charge in [0.05, 0.1) is 6.04 Å². The van der Waals surface area contributed by atoms with Crippen molar-refractivity contribution in [2.75, 3.05) is 7.05 Å². The number of benzene rings is 2. The molecule has 0 saturated carbocycles. The van der Waals surface area contributed by atoms with E-state index in [-0.39, 0.29) is 11.7 Å². The highest BCUT2D eigenvalue weighted by molar-refractivity contribution is 6.04. The van der Waals surface area contributed by atoms with Crippen molar-refractivity contribution in [1.82, 2.24) is 4.90 Å². The minimum atomic E-state index is -0.508. The topological polar surface area (TPSA) is 37.4 Å². The van der Waals surface area contributed by atoms with E-state index in [4.69, 9.17) is 0 Å². The Morgan fingerprint density at radius 3 is 2.00 bits per heavy atom. The number of Topliss-reactive ketones (excluding diaryl/α,β-unsaturated/α-hetero) is 1. The minimum absolute atomic E-state index is 0.0453. The smallest absolute Gasteiger partial charge is 0.254 e. The van der Waals surface area contributed by atoms with E-state index in [1.165, 1.54) is 4.90 Å². The number of likely N-dealkylation sites (N-methyl/N-ethyl adjacent to an activating group) is 1. The van der Waals surface area contributed by atoms with Gasteiger partial charge in [-0.2, -0.15) is 0 Å². The van der Waals surface area contributed by atoms with Crippen LogP contribution in [0.2, 0.25) is 0 Å². The molecular weight excluding hydrogens is 286 g/mol. The zero-order chi connectivity index (χ0) is 17.1. The third-order valence-electron chi connectivity index (χ3n) is 4.37. The zero-order valence-corrected chi connectivity index (χ0v) is 14.4. The van der Waals surface area contributed by atoms with Crippen molar-refractivity contribution in [1.29, 1.82) is 0 Å². The summed E-state index contributed by atoms with van der Waals surface area (Å²) >= 11 is 0. The highest BCUT2D eigenvalue weighted by atomic mass is 16.2. The average Bonchev–Trinajstić information content (AvgIpc) is 2.55. The summed E-state index contributed by atoms with van der Waals surface area (Å²) in [6, 6.07) is 12.5. The third kappa shape index (κ3) is 3.67. The van der Waals surface area contributed by atoms with Gasteiger partial charge in [-0.05, 0) is 57.0 Å². The number of rotatable bonds is 4. The fourth-order valence-electron chi connectivity index (χ4n) is 2.39. The molecule has 0 N–H and O–H groups in total. The van der Waals surface area contributed by atoms with E-state index in [0.29, 0.717) is 11.1 Å². The quantitative estimate of drug-likeness (QED) is 0.802. The number of carbonyl (C=O) groups is 2. The lowest BCUT2D eigenvalue weighted by molar-refractivity contribution is 0.0675. The Labute approximate surface area is 137 Å². The molecule has 0 radical (unpaired) electrons. The molecule has 0 fully saturated rings. The highest BCUT2D eigenvalue weighted by Crippen LogP contribution is 2.15. The fourth-order valence-corrected chi connectivity index (χ4v) is 2.39. The van der Waals surface area contributed by atoms with Gasteiger partial charge in [0.25, 0.3) is 5.91 Å². The maximum absolute atomic E-state index is 12.6.